The van der Waals surface area contributed by atoms with E-state index in [1.54, 1.807) is 12.4 Å². The maximum absolute atomic E-state index is 11.6. The second kappa shape index (κ2) is 6.04. The molecule has 0 spiro atoms. The molecule has 6 nitrogen and oxygen atoms in total. The summed E-state index contributed by atoms with van der Waals surface area (Å²) in [5.74, 6) is -0.541. The van der Waals surface area contributed by atoms with Gasteiger partial charge in [-0.25, -0.2) is 4.79 Å². The minimum atomic E-state index is -0.541. The molecule has 0 saturated heterocycles. The second-order valence-electron chi connectivity index (χ2n) is 3.86. The molecule has 102 valence electrons. The minimum absolute atomic E-state index is 0.154. The summed E-state index contributed by atoms with van der Waals surface area (Å²) in [7, 11) is 1.28. The Morgan fingerprint density at radius 1 is 1.55 bits per heavy atom. The molecule has 0 aliphatic heterocycles. The van der Waals surface area contributed by atoms with E-state index in [-0.39, 0.29) is 16.1 Å². The van der Waals surface area contributed by atoms with Crippen LogP contribution in [0, 0.1) is 11.3 Å². The van der Waals surface area contributed by atoms with Crippen LogP contribution in [-0.2, 0) is 11.3 Å². The SMILES string of the molecule is COC(=O)c1sc(NCc2ccncc2)c(C#N)c1N. The van der Waals surface area contributed by atoms with Gasteiger partial charge in [0.2, 0.25) is 0 Å². The number of aromatic nitrogens is 1. The van der Waals surface area contributed by atoms with E-state index in [1.807, 2.05) is 18.2 Å². The first-order valence-electron chi connectivity index (χ1n) is 5.70. The van der Waals surface area contributed by atoms with Gasteiger partial charge in [0, 0.05) is 18.9 Å². The van der Waals surface area contributed by atoms with Gasteiger partial charge in [-0.15, -0.1) is 11.3 Å². The van der Waals surface area contributed by atoms with Gasteiger partial charge >= 0.3 is 5.97 Å². The van der Waals surface area contributed by atoms with E-state index in [0.717, 1.165) is 16.9 Å². The fourth-order valence-corrected chi connectivity index (χ4v) is 2.59. The van der Waals surface area contributed by atoms with Crippen LogP contribution in [0.25, 0.3) is 0 Å². The first-order valence-corrected chi connectivity index (χ1v) is 6.52. The Morgan fingerprint density at radius 3 is 2.85 bits per heavy atom. The largest absolute Gasteiger partial charge is 0.465 e. The van der Waals surface area contributed by atoms with Crippen molar-refractivity contribution >= 4 is 28.0 Å². The molecule has 3 N–H and O–H groups in total. The third-order valence-corrected chi connectivity index (χ3v) is 3.77. The van der Waals surface area contributed by atoms with Gasteiger partial charge in [0.25, 0.3) is 0 Å². The van der Waals surface area contributed by atoms with Gasteiger partial charge in [0.15, 0.2) is 0 Å². The van der Waals surface area contributed by atoms with Gasteiger partial charge in [-0.1, -0.05) is 0 Å². The summed E-state index contributed by atoms with van der Waals surface area (Å²) < 4.78 is 4.64. The third kappa shape index (κ3) is 2.70. The standard InChI is InChI=1S/C13H12N4O2S/c1-19-13(18)11-10(15)9(6-14)12(20-11)17-7-8-2-4-16-5-3-8/h2-5,17H,7,15H2,1H3. The van der Waals surface area contributed by atoms with E-state index in [2.05, 4.69) is 15.0 Å². The summed E-state index contributed by atoms with van der Waals surface area (Å²) in [4.78, 5) is 15.7. The topological polar surface area (TPSA) is 101 Å². The zero-order chi connectivity index (χ0) is 14.5. The van der Waals surface area contributed by atoms with E-state index in [0.29, 0.717) is 11.5 Å². The van der Waals surface area contributed by atoms with E-state index in [4.69, 9.17) is 11.0 Å². The molecule has 2 aromatic rings. The molecule has 0 bridgehead atoms. The molecule has 0 fully saturated rings. The van der Waals surface area contributed by atoms with Crippen LogP contribution < -0.4 is 11.1 Å². The molecular formula is C13H12N4O2S. The highest BCUT2D eigenvalue weighted by atomic mass is 32.1. The first kappa shape index (κ1) is 13.8. The predicted octanol–water partition coefficient (Wildman–Crippen LogP) is 2.00. The lowest BCUT2D eigenvalue weighted by atomic mass is 10.2. The molecule has 2 rings (SSSR count). The number of nitrogen functional groups attached to an aromatic ring is 1. The molecule has 0 aliphatic rings. The van der Waals surface area contributed by atoms with Gasteiger partial charge < -0.3 is 15.8 Å². The zero-order valence-electron chi connectivity index (χ0n) is 10.7. The van der Waals surface area contributed by atoms with Crippen molar-refractivity contribution in [2.75, 3.05) is 18.2 Å². The summed E-state index contributed by atoms with van der Waals surface area (Å²) >= 11 is 1.11. The monoisotopic (exact) mass is 288 g/mol. The van der Waals surface area contributed by atoms with Crippen molar-refractivity contribution in [1.29, 1.82) is 5.26 Å². The van der Waals surface area contributed by atoms with Gasteiger partial charge in [-0.3, -0.25) is 4.98 Å². The molecule has 20 heavy (non-hydrogen) atoms. The molecule has 0 aromatic carbocycles. The number of thiophene rings is 1. The van der Waals surface area contributed by atoms with E-state index >= 15 is 0 Å². The Bertz CT molecular complexity index is 661. The molecule has 0 atom stereocenters. The van der Waals surface area contributed by atoms with Gasteiger partial charge in [0.05, 0.1) is 12.8 Å². The lowest BCUT2D eigenvalue weighted by Gasteiger charge is -2.03. The Kier molecular flexibility index (Phi) is 4.17. The van der Waals surface area contributed by atoms with Crippen LogP contribution in [0.1, 0.15) is 20.8 Å². The number of nitrogens with zero attached hydrogens (tertiary/aromatic N) is 2. The number of hydrogen-bond acceptors (Lipinski definition) is 7. The Hall–Kier alpha value is -2.59. The number of anilines is 2. The number of hydrogen-bond donors (Lipinski definition) is 2. The number of nitriles is 1. The zero-order valence-corrected chi connectivity index (χ0v) is 11.5. The molecule has 0 aliphatic carbocycles. The van der Waals surface area contributed by atoms with Crippen LogP contribution in [0.2, 0.25) is 0 Å². The average molecular weight is 288 g/mol. The van der Waals surface area contributed by atoms with Crippen molar-refractivity contribution in [3.05, 3.63) is 40.5 Å². The molecule has 2 heterocycles. The van der Waals surface area contributed by atoms with E-state index < -0.39 is 5.97 Å². The van der Waals surface area contributed by atoms with Crippen LogP contribution >= 0.6 is 11.3 Å². The lowest BCUT2D eigenvalue weighted by molar-refractivity contribution is 0.0607. The third-order valence-electron chi connectivity index (χ3n) is 2.63. The molecule has 0 unspecified atom stereocenters. The first-order chi connectivity index (χ1) is 9.67. The van der Waals surface area contributed by atoms with Crippen LogP contribution in [0.3, 0.4) is 0 Å². The maximum Gasteiger partial charge on any atom is 0.350 e. The highest BCUT2D eigenvalue weighted by Crippen LogP contribution is 2.35. The van der Waals surface area contributed by atoms with Gasteiger partial charge in [0.1, 0.15) is 21.5 Å². The number of nitrogens with one attached hydrogen (secondary N) is 1. The Labute approximate surface area is 119 Å². The number of rotatable bonds is 4. The predicted molar refractivity (Wildman–Crippen MR) is 76.3 cm³/mol. The number of nitrogens with two attached hydrogens (primary N) is 1. The van der Waals surface area contributed by atoms with Crippen molar-refractivity contribution < 1.29 is 9.53 Å². The van der Waals surface area contributed by atoms with Crippen molar-refractivity contribution in [3.8, 4) is 6.07 Å². The normalized spacial score (nSPS) is 9.80. The minimum Gasteiger partial charge on any atom is -0.465 e. The quantitative estimate of drug-likeness (QED) is 0.834. The van der Waals surface area contributed by atoms with Crippen molar-refractivity contribution in [2.45, 2.75) is 6.54 Å². The molecule has 0 radical (unpaired) electrons. The fourth-order valence-electron chi connectivity index (χ4n) is 1.61. The van der Waals surface area contributed by atoms with Gasteiger partial charge in [-0.2, -0.15) is 5.26 Å². The Balaban J connectivity index is 2.24. The van der Waals surface area contributed by atoms with Crippen molar-refractivity contribution in [3.63, 3.8) is 0 Å². The van der Waals surface area contributed by atoms with Crippen molar-refractivity contribution in [1.82, 2.24) is 4.98 Å². The highest BCUT2D eigenvalue weighted by molar-refractivity contribution is 7.18. The van der Waals surface area contributed by atoms with E-state index in [1.165, 1.54) is 7.11 Å². The number of pyridine rings is 1. The molecular weight excluding hydrogens is 276 g/mol. The number of methoxy groups -OCH3 is 1. The average Bonchev–Trinajstić information content (AvgIpc) is 2.81. The summed E-state index contributed by atoms with van der Waals surface area (Å²) in [6, 6.07) is 5.72. The summed E-state index contributed by atoms with van der Waals surface area (Å²) in [6.07, 6.45) is 3.37. The highest BCUT2D eigenvalue weighted by Gasteiger charge is 2.21. The summed E-state index contributed by atoms with van der Waals surface area (Å²) in [5.41, 5.74) is 7.23. The lowest BCUT2D eigenvalue weighted by Crippen LogP contribution is -2.02. The van der Waals surface area contributed by atoms with Crippen LogP contribution in [-0.4, -0.2) is 18.1 Å². The summed E-state index contributed by atoms with van der Waals surface area (Å²) in [6.45, 7) is 0.512. The van der Waals surface area contributed by atoms with Crippen LogP contribution in [0.15, 0.2) is 24.5 Å². The fraction of sp³-hybridized carbons (Fsp3) is 0.154. The van der Waals surface area contributed by atoms with Gasteiger partial charge in [-0.05, 0) is 17.7 Å². The Morgan fingerprint density at radius 2 is 2.25 bits per heavy atom. The molecule has 0 amide bonds. The van der Waals surface area contributed by atoms with Crippen LogP contribution in [0.4, 0.5) is 10.7 Å². The molecule has 2 aromatic heterocycles. The second-order valence-corrected chi connectivity index (χ2v) is 4.88. The number of ether oxygens (including phenoxy) is 1. The van der Waals surface area contributed by atoms with Crippen LogP contribution in [0.5, 0.6) is 0 Å². The van der Waals surface area contributed by atoms with Crippen molar-refractivity contribution in [2.24, 2.45) is 0 Å². The number of carbonyl (C=O) groups excluding carboxylic acids is 1. The smallest absolute Gasteiger partial charge is 0.350 e. The molecule has 0 saturated carbocycles. The van der Waals surface area contributed by atoms with E-state index in [9.17, 15) is 4.79 Å². The maximum atomic E-state index is 11.6. The summed E-state index contributed by atoms with van der Waals surface area (Å²) in [5, 5.41) is 12.8. The molecule has 7 heteroatoms. The number of carbonyl (C=O) groups is 1. The number of esters is 1.